The van der Waals surface area contributed by atoms with Crippen LogP contribution in [-0.2, 0) is 0 Å². The highest BCUT2D eigenvalue weighted by Gasteiger charge is 2.20. The molecule has 0 fully saturated rings. The maximum Gasteiger partial charge on any atom is 0.125 e. The summed E-state index contributed by atoms with van der Waals surface area (Å²) in [7, 11) is 0. The molecule has 0 aromatic heterocycles. The van der Waals surface area contributed by atoms with Gasteiger partial charge in [0, 0.05) is 0 Å². The summed E-state index contributed by atoms with van der Waals surface area (Å²) < 4.78 is 5.89. The van der Waals surface area contributed by atoms with E-state index in [0.717, 1.165) is 23.3 Å². The zero-order valence-electron chi connectivity index (χ0n) is 13.3. The van der Waals surface area contributed by atoms with Gasteiger partial charge in [-0.1, -0.05) is 31.5 Å². The third-order valence-electron chi connectivity index (χ3n) is 3.58. The lowest BCUT2D eigenvalue weighted by Crippen LogP contribution is -2.24. The van der Waals surface area contributed by atoms with Crippen molar-refractivity contribution in [3.63, 3.8) is 0 Å². The molecule has 0 heterocycles. The maximum absolute atomic E-state index is 9.87. The van der Waals surface area contributed by atoms with Crippen LogP contribution in [0.25, 0.3) is 0 Å². The number of aliphatic hydroxyl groups excluding tert-OH is 2. The van der Waals surface area contributed by atoms with Crippen molar-refractivity contribution in [1.29, 1.82) is 0 Å². The number of aliphatic hydroxyl groups is 2. The minimum absolute atomic E-state index is 0.144. The molecule has 0 amide bonds. The second-order valence-corrected chi connectivity index (χ2v) is 5.79. The van der Waals surface area contributed by atoms with Crippen LogP contribution in [0.2, 0.25) is 0 Å². The zero-order chi connectivity index (χ0) is 15.3. The number of ether oxygens (including phenoxy) is 1. The van der Waals surface area contributed by atoms with E-state index in [2.05, 4.69) is 39.8 Å². The maximum atomic E-state index is 9.87. The summed E-state index contributed by atoms with van der Waals surface area (Å²) in [6.07, 6.45) is 0.0914. The molecule has 1 rings (SSSR count). The lowest BCUT2D eigenvalue weighted by atomic mass is 9.90. The van der Waals surface area contributed by atoms with E-state index in [9.17, 15) is 10.2 Å². The quantitative estimate of drug-likeness (QED) is 0.805. The number of hydrogen-bond donors (Lipinski definition) is 2. The topological polar surface area (TPSA) is 49.7 Å². The van der Waals surface area contributed by atoms with Crippen LogP contribution >= 0.6 is 0 Å². The Kier molecular flexibility index (Phi) is 6.50. The molecule has 1 aromatic rings. The minimum Gasteiger partial charge on any atom is -0.493 e. The van der Waals surface area contributed by atoms with Gasteiger partial charge in [-0.3, -0.25) is 0 Å². The van der Waals surface area contributed by atoms with Gasteiger partial charge in [-0.2, -0.15) is 0 Å². The summed E-state index contributed by atoms with van der Waals surface area (Å²) in [5.74, 6) is 1.08. The van der Waals surface area contributed by atoms with Crippen LogP contribution in [0.4, 0.5) is 0 Å². The summed E-state index contributed by atoms with van der Waals surface area (Å²) in [5, 5.41) is 19.3. The van der Waals surface area contributed by atoms with Crippen molar-refractivity contribution in [2.75, 3.05) is 6.61 Å². The zero-order valence-corrected chi connectivity index (χ0v) is 13.3. The average molecular weight is 280 g/mol. The molecule has 0 radical (unpaired) electrons. The first kappa shape index (κ1) is 17.0. The molecule has 0 aliphatic heterocycles. The van der Waals surface area contributed by atoms with Gasteiger partial charge < -0.3 is 14.9 Å². The Morgan fingerprint density at radius 3 is 2.35 bits per heavy atom. The molecular formula is C17H28O3. The number of benzene rings is 1. The minimum atomic E-state index is -0.705. The van der Waals surface area contributed by atoms with Gasteiger partial charge in [0.1, 0.15) is 5.75 Å². The molecule has 3 heteroatoms. The van der Waals surface area contributed by atoms with Crippen molar-refractivity contribution in [1.82, 2.24) is 0 Å². The first-order valence-electron chi connectivity index (χ1n) is 7.46. The van der Waals surface area contributed by atoms with Crippen LogP contribution in [0, 0.1) is 13.8 Å². The number of hydrogen-bond acceptors (Lipinski definition) is 3. The van der Waals surface area contributed by atoms with Crippen molar-refractivity contribution in [3.05, 3.63) is 28.8 Å². The van der Waals surface area contributed by atoms with Gasteiger partial charge in [-0.15, -0.1) is 0 Å². The van der Waals surface area contributed by atoms with Gasteiger partial charge in [0.25, 0.3) is 0 Å². The molecule has 3 atom stereocenters. The summed E-state index contributed by atoms with van der Waals surface area (Å²) in [6.45, 7) is 10.6. The Balaban J connectivity index is 3.01. The first-order valence-corrected chi connectivity index (χ1v) is 7.46. The van der Waals surface area contributed by atoms with Gasteiger partial charge in [-0.05, 0) is 50.7 Å². The molecule has 3 nitrogen and oxygen atoms in total. The van der Waals surface area contributed by atoms with Crippen molar-refractivity contribution < 1.29 is 14.9 Å². The van der Waals surface area contributed by atoms with Gasteiger partial charge in [-0.25, -0.2) is 0 Å². The SMILES string of the molecule is CCCOc1c(C)cc(C)cc1C(C)CC(O)C(C)O. The smallest absolute Gasteiger partial charge is 0.125 e. The van der Waals surface area contributed by atoms with Gasteiger partial charge in [0.15, 0.2) is 0 Å². The predicted octanol–water partition coefficient (Wildman–Crippen LogP) is 3.33. The summed E-state index contributed by atoms with van der Waals surface area (Å²) >= 11 is 0. The van der Waals surface area contributed by atoms with E-state index in [1.165, 1.54) is 5.56 Å². The summed E-state index contributed by atoms with van der Waals surface area (Å²) in [5.41, 5.74) is 3.45. The Morgan fingerprint density at radius 1 is 1.15 bits per heavy atom. The van der Waals surface area contributed by atoms with Crippen molar-refractivity contribution in [2.24, 2.45) is 0 Å². The molecule has 2 N–H and O–H groups in total. The van der Waals surface area contributed by atoms with Crippen LogP contribution in [0.1, 0.15) is 56.2 Å². The fraction of sp³-hybridized carbons (Fsp3) is 0.647. The molecular weight excluding hydrogens is 252 g/mol. The first-order chi connectivity index (χ1) is 9.36. The van der Waals surface area contributed by atoms with Crippen molar-refractivity contribution in [3.8, 4) is 5.75 Å². The van der Waals surface area contributed by atoms with E-state index in [4.69, 9.17) is 4.74 Å². The Hall–Kier alpha value is -1.06. The Labute approximate surface area is 122 Å². The average Bonchev–Trinajstić information content (AvgIpc) is 2.36. The van der Waals surface area contributed by atoms with Gasteiger partial charge in [0.2, 0.25) is 0 Å². The van der Waals surface area contributed by atoms with Crippen LogP contribution < -0.4 is 4.74 Å². The molecule has 0 spiro atoms. The van der Waals surface area contributed by atoms with E-state index in [0.29, 0.717) is 13.0 Å². The van der Waals surface area contributed by atoms with Crippen LogP contribution in [-0.4, -0.2) is 29.0 Å². The second-order valence-electron chi connectivity index (χ2n) is 5.79. The van der Waals surface area contributed by atoms with E-state index in [1.807, 2.05) is 0 Å². The lowest BCUT2D eigenvalue weighted by molar-refractivity contribution is 0.0226. The fourth-order valence-electron chi connectivity index (χ4n) is 2.44. The monoisotopic (exact) mass is 280 g/mol. The van der Waals surface area contributed by atoms with E-state index in [1.54, 1.807) is 6.92 Å². The highest BCUT2D eigenvalue weighted by atomic mass is 16.5. The largest absolute Gasteiger partial charge is 0.493 e. The third-order valence-corrected chi connectivity index (χ3v) is 3.58. The third kappa shape index (κ3) is 4.50. The van der Waals surface area contributed by atoms with Crippen molar-refractivity contribution in [2.45, 2.75) is 65.6 Å². The van der Waals surface area contributed by atoms with Crippen molar-refractivity contribution >= 4 is 0 Å². The van der Waals surface area contributed by atoms with E-state index >= 15 is 0 Å². The second kappa shape index (κ2) is 7.65. The van der Waals surface area contributed by atoms with Crippen LogP contribution in [0.3, 0.4) is 0 Å². The highest BCUT2D eigenvalue weighted by molar-refractivity contribution is 5.45. The molecule has 20 heavy (non-hydrogen) atoms. The van der Waals surface area contributed by atoms with Gasteiger partial charge >= 0.3 is 0 Å². The van der Waals surface area contributed by atoms with E-state index in [-0.39, 0.29) is 5.92 Å². The molecule has 3 unspecified atom stereocenters. The van der Waals surface area contributed by atoms with Gasteiger partial charge in [0.05, 0.1) is 18.8 Å². The standard InChI is InChI=1S/C17H28O3/c1-6-7-20-17-13(4)8-11(2)9-15(17)12(3)10-16(19)14(5)18/h8-9,12,14,16,18-19H,6-7,10H2,1-5H3. The lowest BCUT2D eigenvalue weighted by Gasteiger charge is -2.23. The predicted molar refractivity (Wildman–Crippen MR) is 82.4 cm³/mol. The molecule has 114 valence electrons. The molecule has 0 bridgehead atoms. The molecule has 0 saturated heterocycles. The fourth-order valence-corrected chi connectivity index (χ4v) is 2.44. The van der Waals surface area contributed by atoms with Crippen LogP contribution in [0.5, 0.6) is 5.75 Å². The normalized spacial score (nSPS) is 15.8. The number of rotatable bonds is 7. The Bertz CT molecular complexity index is 426. The van der Waals surface area contributed by atoms with E-state index < -0.39 is 12.2 Å². The Morgan fingerprint density at radius 2 is 1.80 bits per heavy atom. The highest BCUT2D eigenvalue weighted by Crippen LogP contribution is 2.34. The molecule has 0 aliphatic carbocycles. The van der Waals surface area contributed by atoms with Crippen LogP contribution in [0.15, 0.2) is 12.1 Å². The molecule has 0 aliphatic rings. The summed E-state index contributed by atoms with van der Waals surface area (Å²) in [6, 6.07) is 4.24. The number of aryl methyl sites for hydroxylation is 2. The summed E-state index contributed by atoms with van der Waals surface area (Å²) in [4.78, 5) is 0. The molecule has 0 saturated carbocycles. The molecule has 1 aromatic carbocycles.